The molecule has 0 aromatic heterocycles. The smallest absolute Gasteiger partial charge is 0.256 e. The van der Waals surface area contributed by atoms with Crippen molar-refractivity contribution in [3.05, 3.63) is 77.5 Å². The molecule has 1 aromatic rings. The Labute approximate surface area is 186 Å². The lowest BCUT2D eigenvalue weighted by Crippen LogP contribution is -2.55. The van der Waals surface area contributed by atoms with Crippen molar-refractivity contribution < 1.29 is 14.0 Å². The van der Waals surface area contributed by atoms with Crippen molar-refractivity contribution in [1.82, 2.24) is 20.2 Å². The second-order valence-corrected chi connectivity index (χ2v) is 8.68. The van der Waals surface area contributed by atoms with E-state index in [1.807, 2.05) is 23.4 Å². The van der Waals surface area contributed by atoms with Crippen LogP contribution in [0.15, 0.2) is 60.6 Å². The predicted molar refractivity (Wildman–Crippen MR) is 119 cm³/mol. The molecule has 0 unspecified atom stereocenters. The third-order valence-electron chi connectivity index (χ3n) is 6.58. The van der Waals surface area contributed by atoms with Gasteiger partial charge >= 0.3 is 0 Å². The Kier molecular flexibility index (Phi) is 4.89. The Balaban J connectivity index is 1.27. The minimum Gasteiger partial charge on any atom is -0.338 e. The number of benzene rings is 1. The third kappa shape index (κ3) is 3.50. The number of nitrogens with two attached hydrogens (primary N) is 1. The number of fused-ring (bicyclic) bond motifs is 1. The SMILES string of the molecule is C=CN1NC=C2CC=C(c3ccc(C(=O)N4CCN(C(=O)C5(N)CC5)CC4)c(F)c3)C=C21. The molecule has 166 valence electrons. The Bertz CT molecular complexity index is 1090. The van der Waals surface area contributed by atoms with E-state index in [4.69, 9.17) is 5.73 Å². The molecule has 1 saturated carbocycles. The van der Waals surface area contributed by atoms with Crippen molar-refractivity contribution in [3.63, 3.8) is 0 Å². The molecular weight excluding hydrogens is 409 g/mol. The first kappa shape index (κ1) is 20.5. The number of nitrogens with zero attached hydrogens (tertiary/aromatic N) is 3. The monoisotopic (exact) mass is 435 g/mol. The summed E-state index contributed by atoms with van der Waals surface area (Å²) in [6.07, 6.45) is 9.80. The van der Waals surface area contributed by atoms with E-state index in [9.17, 15) is 14.0 Å². The summed E-state index contributed by atoms with van der Waals surface area (Å²) in [6, 6.07) is 4.74. The van der Waals surface area contributed by atoms with Crippen molar-refractivity contribution >= 4 is 17.4 Å². The lowest BCUT2D eigenvalue weighted by atomic mass is 9.94. The van der Waals surface area contributed by atoms with Crippen molar-refractivity contribution in [2.24, 2.45) is 5.73 Å². The summed E-state index contributed by atoms with van der Waals surface area (Å²) in [5.41, 5.74) is 12.2. The topological polar surface area (TPSA) is 81.9 Å². The average molecular weight is 436 g/mol. The largest absolute Gasteiger partial charge is 0.338 e. The van der Waals surface area contributed by atoms with E-state index < -0.39 is 11.4 Å². The molecule has 7 nitrogen and oxygen atoms in total. The first-order valence-electron chi connectivity index (χ1n) is 10.9. The minimum absolute atomic E-state index is 0.0412. The molecule has 1 saturated heterocycles. The molecule has 1 aromatic carbocycles. The fraction of sp³-hybridized carbons (Fsp3) is 0.333. The highest BCUT2D eigenvalue weighted by Crippen LogP contribution is 2.35. The molecule has 4 aliphatic rings. The lowest BCUT2D eigenvalue weighted by Gasteiger charge is -2.36. The molecule has 0 radical (unpaired) electrons. The summed E-state index contributed by atoms with van der Waals surface area (Å²) in [5.74, 6) is -0.940. The van der Waals surface area contributed by atoms with Crippen LogP contribution in [-0.4, -0.2) is 58.3 Å². The molecule has 2 amide bonds. The van der Waals surface area contributed by atoms with Crippen molar-refractivity contribution in [3.8, 4) is 0 Å². The molecule has 8 heteroatoms. The van der Waals surface area contributed by atoms with E-state index in [-0.39, 0.29) is 17.4 Å². The van der Waals surface area contributed by atoms with Gasteiger partial charge in [-0.3, -0.25) is 14.6 Å². The number of rotatable bonds is 4. The molecule has 2 aliphatic heterocycles. The maximum atomic E-state index is 15.0. The standard InChI is InChI=1S/C24H26FN5O2/c1-2-30-21-14-17(3-4-18(21)15-27-30)16-5-6-19(20(25)13-16)22(31)28-9-11-29(12-10-28)23(32)24(26)7-8-24/h2-3,5-6,13-15,27H,1,4,7-12,26H2. The number of hydrogen-bond acceptors (Lipinski definition) is 5. The molecule has 2 fully saturated rings. The number of piperazine rings is 1. The van der Waals surface area contributed by atoms with Gasteiger partial charge in [-0.05, 0) is 54.2 Å². The Morgan fingerprint density at radius 3 is 2.53 bits per heavy atom. The zero-order valence-corrected chi connectivity index (χ0v) is 17.8. The second-order valence-electron chi connectivity index (χ2n) is 8.68. The maximum absolute atomic E-state index is 15.0. The highest BCUT2D eigenvalue weighted by Gasteiger charge is 2.48. The molecule has 0 atom stereocenters. The molecule has 2 heterocycles. The Morgan fingerprint density at radius 1 is 1.16 bits per heavy atom. The number of nitrogens with one attached hydrogen (secondary N) is 1. The van der Waals surface area contributed by atoms with Gasteiger partial charge < -0.3 is 21.0 Å². The Morgan fingerprint density at radius 2 is 1.88 bits per heavy atom. The summed E-state index contributed by atoms with van der Waals surface area (Å²) in [5, 5.41) is 1.82. The number of hydrogen-bond donors (Lipinski definition) is 2. The molecule has 32 heavy (non-hydrogen) atoms. The molecule has 0 spiro atoms. The van der Waals surface area contributed by atoms with Gasteiger partial charge in [0, 0.05) is 38.6 Å². The summed E-state index contributed by atoms with van der Waals surface area (Å²) >= 11 is 0. The summed E-state index contributed by atoms with van der Waals surface area (Å²) in [6.45, 7) is 5.39. The van der Waals surface area contributed by atoms with E-state index in [1.165, 1.54) is 6.07 Å². The quantitative estimate of drug-likeness (QED) is 0.757. The summed E-state index contributed by atoms with van der Waals surface area (Å²) in [4.78, 5) is 28.6. The highest BCUT2D eigenvalue weighted by atomic mass is 19.1. The van der Waals surface area contributed by atoms with E-state index >= 15 is 0 Å². The van der Waals surface area contributed by atoms with Crippen LogP contribution in [0.1, 0.15) is 35.2 Å². The van der Waals surface area contributed by atoms with Gasteiger partial charge in [-0.2, -0.15) is 0 Å². The fourth-order valence-electron chi connectivity index (χ4n) is 4.36. The normalized spacial score (nSPS) is 21.2. The van der Waals surface area contributed by atoms with Crippen LogP contribution in [0, 0.1) is 5.82 Å². The second kappa shape index (κ2) is 7.63. The van der Waals surface area contributed by atoms with E-state index in [1.54, 1.807) is 28.1 Å². The van der Waals surface area contributed by atoms with Gasteiger partial charge in [0.25, 0.3) is 5.91 Å². The van der Waals surface area contributed by atoms with Crippen molar-refractivity contribution in [2.45, 2.75) is 24.8 Å². The van der Waals surface area contributed by atoms with Gasteiger partial charge in [-0.25, -0.2) is 4.39 Å². The van der Waals surface area contributed by atoms with E-state index in [0.29, 0.717) is 26.2 Å². The molecule has 5 rings (SSSR count). The summed E-state index contributed by atoms with van der Waals surface area (Å²) < 4.78 is 15.0. The number of carbonyl (C=O) groups excluding carboxylic acids is 2. The van der Waals surface area contributed by atoms with E-state index in [0.717, 1.165) is 41.7 Å². The predicted octanol–water partition coefficient (Wildman–Crippen LogP) is 2.12. The Hall–Kier alpha value is -3.39. The van der Waals surface area contributed by atoms with Gasteiger partial charge in [-0.1, -0.05) is 18.7 Å². The van der Waals surface area contributed by atoms with Crippen molar-refractivity contribution in [2.75, 3.05) is 26.2 Å². The van der Waals surface area contributed by atoms with Gasteiger partial charge in [-0.15, -0.1) is 0 Å². The van der Waals surface area contributed by atoms with Gasteiger partial charge in [0.2, 0.25) is 5.91 Å². The first-order valence-corrected chi connectivity index (χ1v) is 10.9. The molecular formula is C24H26FN5O2. The van der Waals surface area contributed by atoms with Crippen LogP contribution in [0.5, 0.6) is 0 Å². The highest BCUT2D eigenvalue weighted by molar-refractivity contribution is 5.95. The number of allylic oxidation sites excluding steroid dienone is 4. The first-order chi connectivity index (χ1) is 15.4. The van der Waals surface area contributed by atoms with Crippen LogP contribution in [0.2, 0.25) is 0 Å². The molecule has 0 bridgehead atoms. The van der Waals surface area contributed by atoms with E-state index in [2.05, 4.69) is 12.0 Å². The summed E-state index contributed by atoms with van der Waals surface area (Å²) in [7, 11) is 0. The maximum Gasteiger partial charge on any atom is 0.256 e. The third-order valence-corrected chi connectivity index (χ3v) is 6.58. The zero-order valence-electron chi connectivity index (χ0n) is 17.8. The fourth-order valence-corrected chi connectivity index (χ4v) is 4.36. The van der Waals surface area contributed by atoms with Crippen LogP contribution >= 0.6 is 0 Å². The number of amides is 2. The van der Waals surface area contributed by atoms with Crippen LogP contribution in [0.25, 0.3) is 5.57 Å². The van der Waals surface area contributed by atoms with Crippen molar-refractivity contribution in [1.29, 1.82) is 0 Å². The lowest BCUT2D eigenvalue weighted by molar-refractivity contribution is -0.135. The molecule has 3 N–H and O–H groups in total. The van der Waals surface area contributed by atoms with Crippen LogP contribution in [-0.2, 0) is 4.79 Å². The van der Waals surface area contributed by atoms with Gasteiger partial charge in [0.15, 0.2) is 0 Å². The zero-order chi connectivity index (χ0) is 22.5. The minimum atomic E-state index is -0.703. The van der Waals surface area contributed by atoms with Crippen LogP contribution < -0.4 is 11.2 Å². The number of halogens is 1. The van der Waals surface area contributed by atoms with Crippen LogP contribution in [0.3, 0.4) is 0 Å². The number of hydrazine groups is 1. The average Bonchev–Trinajstić information content (AvgIpc) is 3.44. The molecule has 2 aliphatic carbocycles. The van der Waals surface area contributed by atoms with Gasteiger partial charge in [0.05, 0.1) is 16.8 Å². The van der Waals surface area contributed by atoms with Gasteiger partial charge in [0.1, 0.15) is 5.82 Å². The number of carbonyl (C=O) groups is 2. The van der Waals surface area contributed by atoms with Crippen LogP contribution in [0.4, 0.5) is 4.39 Å².